The van der Waals surface area contributed by atoms with Crippen LogP contribution in [-0.4, -0.2) is 36.8 Å². The number of aliphatic hydroxyl groups is 1. The summed E-state index contributed by atoms with van der Waals surface area (Å²) in [6, 6.07) is 18.6. The second-order valence-corrected chi connectivity index (χ2v) is 10.8. The van der Waals surface area contributed by atoms with E-state index in [1.54, 1.807) is 24.3 Å². The van der Waals surface area contributed by atoms with Gasteiger partial charge in [-0.3, -0.25) is 4.79 Å². The summed E-state index contributed by atoms with van der Waals surface area (Å²) in [4.78, 5) is 12.7. The van der Waals surface area contributed by atoms with Crippen LogP contribution in [0.1, 0.15) is 28.8 Å². The van der Waals surface area contributed by atoms with Crippen molar-refractivity contribution in [2.45, 2.75) is 23.3 Å². The predicted molar refractivity (Wildman–Crippen MR) is 127 cm³/mol. The first-order chi connectivity index (χ1) is 15.7. The second-order valence-electron chi connectivity index (χ2n) is 7.93. The molecule has 1 fully saturated rings. The van der Waals surface area contributed by atoms with Crippen molar-refractivity contribution in [3.63, 3.8) is 0 Å². The summed E-state index contributed by atoms with van der Waals surface area (Å²) in [6.45, 7) is 0.204. The smallest absolute Gasteiger partial charge is 0.255 e. The first kappa shape index (κ1) is 23.6. The predicted octanol–water partition coefficient (Wildman–Crippen LogP) is 4.51. The fourth-order valence-corrected chi connectivity index (χ4v) is 5.75. The van der Waals surface area contributed by atoms with Gasteiger partial charge in [0, 0.05) is 28.8 Å². The van der Waals surface area contributed by atoms with Crippen molar-refractivity contribution in [2.24, 2.45) is 0 Å². The molecule has 1 aliphatic heterocycles. The highest BCUT2D eigenvalue weighted by Crippen LogP contribution is 2.35. The molecule has 1 aliphatic rings. The van der Waals surface area contributed by atoms with Gasteiger partial charge in [0.2, 0.25) is 10.0 Å². The Morgan fingerprint density at radius 3 is 2.33 bits per heavy atom. The number of nitrogens with one attached hydrogen (secondary N) is 1. The third-order valence-corrected chi connectivity index (χ3v) is 8.14. The molecule has 0 aromatic heterocycles. The van der Waals surface area contributed by atoms with E-state index in [-0.39, 0.29) is 36.4 Å². The minimum absolute atomic E-state index is 0.0108. The van der Waals surface area contributed by atoms with Gasteiger partial charge in [0.1, 0.15) is 5.82 Å². The van der Waals surface area contributed by atoms with Gasteiger partial charge in [-0.2, -0.15) is 4.31 Å². The quantitative estimate of drug-likeness (QED) is 0.506. The number of anilines is 1. The first-order valence-electron chi connectivity index (χ1n) is 10.3. The van der Waals surface area contributed by atoms with Crippen LogP contribution in [0.2, 0.25) is 0 Å². The summed E-state index contributed by atoms with van der Waals surface area (Å²) >= 11 is 3.35. The van der Waals surface area contributed by atoms with Crippen LogP contribution in [0.3, 0.4) is 0 Å². The molecule has 0 aliphatic carbocycles. The monoisotopic (exact) mass is 532 g/mol. The number of benzene rings is 3. The van der Waals surface area contributed by atoms with Crippen LogP contribution in [0.25, 0.3) is 0 Å². The maximum absolute atomic E-state index is 13.2. The normalized spacial score (nSPS) is 16.3. The fourth-order valence-electron chi connectivity index (χ4n) is 3.86. The SMILES string of the molecule is O=C(Nc1cccc(Br)c1)c1cccc(S(=O)(=O)N2CCC(O)(c3ccc(F)cc3)CC2)c1. The Kier molecular flexibility index (Phi) is 6.67. The van der Waals surface area contributed by atoms with Gasteiger partial charge in [0.05, 0.1) is 10.5 Å². The average molecular weight is 533 g/mol. The molecule has 3 aromatic carbocycles. The molecule has 0 atom stereocenters. The van der Waals surface area contributed by atoms with Crippen LogP contribution in [0.15, 0.2) is 82.2 Å². The van der Waals surface area contributed by atoms with Gasteiger partial charge in [-0.25, -0.2) is 12.8 Å². The summed E-state index contributed by atoms with van der Waals surface area (Å²) in [5.74, 6) is -0.819. The second kappa shape index (κ2) is 9.34. The molecule has 0 spiro atoms. The van der Waals surface area contributed by atoms with Crippen molar-refractivity contribution in [3.05, 3.63) is 94.2 Å². The molecule has 172 valence electrons. The highest BCUT2D eigenvalue weighted by Gasteiger charge is 2.38. The number of rotatable bonds is 5. The Morgan fingerprint density at radius 2 is 1.67 bits per heavy atom. The number of amides is 1. The molecule has 2 N–H and O–H groups in total. The minimum Gasteiger partial charge on any atom is -0.385 e. The van der Waals surface area contributed by atoms with Crippen LogP contribution in [-0.2, 0) is 15.6 Å². The van der Waals surface area contributed by atoms with E-state index in [0.717, 1.165) is 4.47 Å². The van der Waals surface area contributed by atoms with Crippen LogP contribution < -0.4 is 5.32 Å². The zero-order valence-corrected chi connectivity index (χ0v) is 19.9. The van der Waals surface area contributed by atoms with Crippen molar-refractivity contribution in [2.75, 3.05) is 18.4 Å². The molecule has 0 radical (unpaired) electrons. The third-order valence-electron chi connectivity index (χ3n) is 5.75. The average Bonchev–Trinajstić information content (AvgIpc) is 2.80. The number of halogens is 2. The van der Waals surface area contributed by atoms with E-state index in [9.17, 15) is 22.7 Å². The number of piperidine rings is 1. The highest BCUT2D eigenvalue weighted by atomic mass is 79.9. The van der Waals surface area contributed by atoms with Crippen LogP contribution in [0, 0.1) is 5.82 Å². The molecule has 3 aromatic rings. The van der Waals surface area contributed by atoms with Crippen molar-refractivity contribution >= 4 is 37.5 Å². The summed E-state index contributed by atoms with van der Waals surface area (Å²) in [6.07, 6.45) is 0.363. The molecule has 1 saturated heterocycles. The molecule has 0 saturated carbocycles. The lowest BCUT2D eigenvalue weighted by Gasteiger charge is -2.37. The van der Waals surface area contributed by atoms with Crippen molar-refractivity contribution in [3.8, 4) is 0 Å². The third kappa shape index (κ3) is 5.16. The molecule has 1 amide bonds. The number of carbonyl (C=O) groups is 1. The standard InChI is InChI=1S/C24H22BrFN2O4S/c25-19-4-2-5-21(16-19)27-23(29)17-3-1-6-22(15-17)33(31,32)28-13-11-24(30,12-14-28)18-7-9-20(26)10-8-18/h1-10,15-16,30H,11-14H2,(H,27,29). The van der Waals surface area contributed by atoms with Crippen LogP contribution in [0.4, 0.5) is 10.1 Å². The van der Waals surface area contributed by atoms with Gasteiger partial charge in [0.25, 0.3) is 5.91 Å². The van der Waals surface area contributed by atoms with E-state index in [1.165, 1.54) is 46.8 Å². The van der Waals surface area contributed by atoms with Crippen LogP contribution in [0.5, 0.6) is 0 Å². The number of hydrogen-bond donors (Lipinski definition) is 2. The Hall–Kier alpha value is -2.59. The lowest BCUT2D eigenvalue weighted by Crippen LogP contribution is -2.45. The zero-order chi connectivity index (χ0) is 23.6. The largest absolute Gasteiger partial charge is 0.385 e. The maximum atomic E-state index is 13.2. The molecule has 4 rings (SSSR count). The Labute approximate surface area is 200 Å². The van der Waals surface area contributed by atoms with Gasteiger partial charge >= 0.3 is 0 Å². The Morgan fingerprint density at radius 1 is 1.00 bits per heavy atom. The summed E-state index contributed by atoms with van der Waals surface area (Å²) in [5.41, 5.74) is 0.146. The van der Waals surface area contributed by atoms with Gasteiger partial charge in [0.15, 0.2) is 0 Å². The van der Waals surface area contributed by atoms with E-state index in [1.807, 2.05) is 6.07 Å². The number of nitrogens with zero attached hydrogens (tertiary/aromatic N) is 1. The molecule has 0 unspecified atom stereocenters. The molecular formula is C24H22BrFN2O4S. The molecule has 33 heavy (non-hydrogen) atoms. The summed E-state index contributed by atoms with van der Waals surface area (Å²) in [7, 11) is -3.86. The number of carbonyl (C=O) groups excluding carboxylic acids is 1. The molecule has 0 bridgehead atoms. The van der Waals surface area contributed by atoms with E-state index < -0.39 is 27.3 Å². The number of hydrogen-bond acceptors (Lipinski definition) is 4. The van der Waals surface area contributed by atoms with Gasteiger partial charge < -0.3 is 10.4 Å². The Balaban J connectivity index is 1.49. The van der Waals surface area contributed by atoms with Gasteiger partial charge in [-0.15, -0.1) is 0 Å². The molecular weight excluding hydrogens is 511 g/mol. The summed E-state index contributed by atoms with van der Waals surface area (Å²) < 4.78 is 41.8. The van der Waals surface area contributed by atoms with Gasteiger partial charge in [-0.1, -0.05) is 40.2 Å². The fraction of sp³-hybridized carbons (Fsp3) is 0.208. The zero-order valence-electron chi connectivity index (χ0n) is 17.5. The molecule has 1 heterocycles. The lowest BCUT2D eigenvalue weighted by atomic mass is 9.85. The Bertz CT molecular complexity index is 1270. The van der Waals surface area contributed by atoms with Crippen LogP contribution >= 0.6 is 15.9 Å². The minimum atomic E-state index is -3.86. The van der Waals surface area contributed by atoms with Gasteiger partial charge in [-0.05, 0) is 66.9 Å². The topological polar surface area (TPSA) is 86.7 Å². The van der Waals surface area contributed by atoms with E-state index in [2.05, 4.69) is 21.2 Å². The van der Waals surface area contributed by atoms with E-state index >= 15 is 0 Å². The highest BCUT2D eigenvalue weighted by molar-refractivity contribution is 9.10. The van der Waals surface area contributed by atoms with E-state index in [0.29, 0.717) is 11.3 Å². The first-order valence-corrected chi connectivity index (χ1v) is 12.6. The summed E-state index contributed by atoms with van der Waals surface area (Å²) in [5, 5.41) is 13.7. The van der Waals surface area contributed by atoms with E-state index in [4.69, 9.17) is 0 Å². The van der Waals surface area contributed by atoms with Crippen molar-refractivity contribution in [1.29, 1.82) is 0 Å². The maximum Gasteiger partial charge on any atom is 0.255 e. The van der Waals surface area contributed by atoms with Crippen molar-refractivity contribution < 1.29 is 22.7 Å². The number of sulfonamides is 1. The van der Waals surface area contributed by atoms with Crippen molar-refractivity contribution in [1.82, 2.24) is 4.31 Å². The molecule has 6 nitrogen and oxygen atoms in total. The lowest BCUT2D eigenvalue weighted by molar-refractivity contribution is -0.00966. The molecule has 9 heteroatoms.